The fourth-order valence-corrected chi connectivity index (χ4v) is 1.99. The molecule has 1 rings (SSSR count). The van der Waals surface area contributed by atoms with E-state index in [0.717, 1.165) is 6.26 Å². The minimum atomic E-state index is -3.18. The van der Waals surface area contributed by atoms with Crippen molar-refractivity contribution in [1.29, 1.82) is 0 Å². The zero-order valence-electron chi connectivity index (χ0n) is 10.2. The van der Waals surface area contributed by atoms with Crippen molar-refractivity contribution in [2.75, 3.05) is 24.7 Å². The fraction of sp³-hybridized carbons (Fsp3) is 0.400. The van der Waals surface area contributed by atoms with E-state index in [-0.39, 0.29) is 10.6 Å². The number of nitrogens with one attached hydrogen (secondary N) is 2. The molecule has 0 aliphatic carbocycles. The molecule has 3 N–H and O–H groups in total. The lowest BCUT2D eigenvalue weighted by molar-refractivity contribution is 0.0696. The highest BCUT2D eigenvalue weighted by Gasteiger charge is 2.08. The first kappa shape index (κ1) is 15.7. The number of hydrogen-bond acceptors (Lipinski definition) is 5. The van der Waals surface area contributed by atoms with Crippen LogP contribution in [0.25, 0.3) is 0 Å². The van der Waals surface area contributed by atoms with Crippen molar-refractivity contribution >= 4 is 33.4 Å². The molecule has 7 nitrogen and oxygen atoms in total. The number of halogens is 1. The number of sulfonamides is 1. The molecule has 1 heterocycles. The van der Waals surface area contributed by atoms with Gasteiger partial charge in [-0.1, -0.05) is 11.6 Å². The molecule has 0 aliphatic heterocycles. The van der Waals surface area contributed by atoms with Crippen LogP contribution in [-0.2, 0) is 10.0 Å². The summed E-state index contributed by atoms with van der Waals surface area (Å²) in [6, 6.07) is 1.30. The van der Waals surface area contributed by atoms with Crippen LogP contribution in [0.5, 0.6) is 0 Å². The fourth-order valence-electron chi connectivity index (χ4n) is 1.24. The largest absolute Gasteiger partial charge is 0.478 e. The van der Waals surface area contributed by atoms with Crippen LogP contribution in [0.15, 0.2) is 12.3 Å². The van der Waals surface area contributed by atoms with Crippen LogP contribution in [0.4, 0.5) is 5.82 Å². The Kier molecular flexibility index (Phi) is 5.52. The summed E-state index contributed by atoms with van der Waals surface area (Å²) in [5.41, 5.74) is 0.00860. The zero-order chi connectivity index (χ0) is 14.5. The molecule has 0 unspecified atom stereocenters. The van der Waals surface area contributed by atoms with Crippen LogP contribution in [0.2, 0.25) is 5.02 Å². The van der Waals surface area contributed by atoms with Gasteiger partial charge in [-0.3, -0.25) is 0 Å². The molecule has 106 valence electrons. The number of rotatable bonds is 7. The van der Waals surface area contributed by atoms with Gasteiger partial charge in [-0.2, -0.15) is 0 Å². The third kappa shape index (κ3) is 5.86. The number of anilines is 1. The minimum Gasteiger partial charge on any atom is -0.478 e. The molecule has 19 heavy (non-hydrogen) atoms. The van der Waals surface area contributed by atoms with Gasteiger partial charge < -0.3 is 10.4 Å². The van der Waals surface area contributed by atoms with E-state index < -0.39 is 16.0 Å². The lowest BCUT2D eigenvalue weighted by Crippen LogP contribution is -2.24. The van der Waals surface area contributed by atoms with Gasteiger partial charge in [0.1, 0.15) is 5.82 Å². The maximum atomic E-state index is 10.8. The number of carbonyl (C=O) groups is 1. The Labute approximate surface area is 116 Å². The molecular formula is C10H14ClN3O4S. The molecule has 0 spiro atoms. The van der Waals surface area contributed by atoms with E-state index in [1.807, 2.05) is 0 Å². The summed E-state index contributed by atoms with van der Waals surface area (Å²) in [6.07, 6.45) is 2.83. The van der Waals surface area contributed by atoms with E-state index in [2.05, 4.69) is 15.0 Å². The van der Waals surface area contributed by atoms with E-state index in [1.165, 1.54) is 12.3 Å². The molecule has 0 saturated heterocycles. The van der Waals surface area contributed by atoms with Crippen molar-refractivity contribution in [3.63, 3.8) is 0 Å². The van der Waals surface area contributed by atoms with Crippen molar-refractivity contribution in [3.05, 3.63) is 22.8 Å². The van der Waals surface area contributed by atoms with Gasteiger partial charge >= 0.3 is 5.97 Å². The lowest BCUT2D eigenvalue weighted by atomic mass is 10.3. The summed E-state index contributed by atoms with van der Waals surface area (Å²) in [5.74, 6) is -0.732. The van der Waals surface area contributed by atoms with Crippen LogP contribution in [0.1, 0.15) is 16.8 Å². The first-order chi connectivity index (χ1) is 8.79. The summed E-state index contributed by atoms with van der Waals surface area (Å²) in [4.78, 5) is 14.6. The van der Waals surface area contributed by atoms with Gasteiger partial charge in [-0.15, -0.1) is 0 Å². The molecule has 0 saturated carbocycles. The molecule has 0 radical (unpaired) electrons. The summed E-state index contributed by atoms with van der Waals surface area (Å²) in [5, 5.41) is 11.8. The van der Waals surface area contributed by atoms with Gasteiger partial charge in [0, 0.05) is 19.3 Å². The van der Waals surface area contributed by atoms with Crippen molar-refractivity contribution < 1.29 is 18.3 Å². The number of nitrogens with zero attached hydrogens (tertiary/aromatic N) is 1. The van der Waals surface area contributed by atoms with E-state index in [9.17, 15) is 13.2 Å². The van der Waals surface area contributed by atoms with Gasteiger partial charge in [0.2, 0.25) is 10.0 Å². The highest BCUT2D eigenvalue weighted by Crippen LogP contribution is 2.19. The average Bonchev–Trinajstić information content (AvgIpc) is 2.28. The number of carboxylic acid groups (broad SMARTS) is 1. The van der Waals surface area contributed by atoms with Crippen molar-refractivity contribution in [2.24, 2.45) is 0 Å². The monoisotopic (exact) mass is 307 g/mol. The smallest absolute Gasteiger partial charge is 0.337 e. The highest BCUT2D eigenvalue weighted by atomic mass is 35.5. The predicted molar refractivity (Wildman–Crippen MR) is 72.2 cm³/mol. The molecule has 0 bridgehead atoms. The van der Waals surface area contributed by atoms with Crippen molar-refractivity contribution in [2.45, 2.75) is 6.42 Å². The van der Waals surface area contributed by atoms with Crippen LogP contribution < -0.4 is 10.0 Å². The second-order valence-electron chi connectivity index (χ2n) is 3.81. The highest BCUT2D eigenvalue weighted by molar-refractivity contribution is 7.88. The summed E-state index contributed by atoms with van der Waals surface area (Å²) < 4.78 is 23.9. The van der Waals surface area contributed by atoms with Crippen LogP contribution in [-0.4, -0.2) is 43.8 Å². The summed E-state index contributed by atoms with van der Waals surface area (Å²) in [6.45, 7) is 0.762. The lowest BCUT2D eigenvalue weighted by Gasteiger charge is -2.08. The van der Waals surface area contributed by atoms with Gasteiger partial charge in [0.05, 0.1) is 16.8 Å². The number of hydrogen-bond donors (Lipinski definition) is 3. The Morgan fingerprint density at radius 3 is 2.68 bits per heavy atom. The molecule has 1 aromatic rings. The van der Waals surface area contributed by atoms with Gasteiger partial charge in [0.25, 0.3) is 0 Å². The molecule has 0 fully saturated rings. The Morgan fingerprint density at radius 2 is 2.16 bits per heavy atom. The Bertz CT molecular complexity index is 562. The van der Waals surface area contributed by atoms with E-state index in [4.69, 9.17) is 16.7 Å². The quantitative estimate of drug-likeness (QED) is 0.643. The molecule has 0 aromatic carbocycles. The van der Waals surface area contributed by atoms with Crippen molar-refractivity contribution in [1.82, 2.24) is 9.71 Å². The Balaban J connectivity index is 2.44. The van der Waals surface area contributed by atoms with Crippen molar-refractivity contribution in [3.8, 4) is 0 Å². The maximum Gasteiger partial charge on any atom is 0.337 e. The maximum absolute atomic E-state index is 10.8. The molecular weight excluding hydrogens is 294 g/mol. The second kappa shape index (κ2) is 6.69. The molecule has 0 amide bonds. The third-order valence-electron chi connectivity index (χ3n) is 2.10. The molecule has 9 heteroatoms. The van der Waals surface area contributed by atoms with E-state index >= 15 is 0 Å². The van der Waals surface area contributed by atoms with Gasteiger partial charge in [-0.05, 0) is 12.5 Å². The Morgan fingerprint density at radius 1 is 1.47 bits per heavy atom. The van der Waals surface area contributed by atoms with E-state index in [1.54, 1.807) is 0 Å². The second-order valence-corrected chi connectivity index (χ2v) is 6.05. The number of aromatic nitrogens is 1. The number of aromatic carboxylic acids is 1. The number of carboxylic acids is 1. The first-order valence-electron chi connectivity index (χ1n) is 5.37. The summed E-state index contributed by atoms with van der Waals surface area (Å²) in [7, 11) is -3.18. The topological polar surface area (TPSA) is 108 Å². The van der Waals surface area contributed by atoms with Crippen LogP contribution >= 0.6 is 11.6 Å². The van der Waals surface area contributed by atoms with Gasteiger partial charge in [-0.25, -0.2) is 22.9 Å². The summed E-state index contributed by atoms with van der Waals surface area (Å²) >= 11 is 5.86. The SMILES string of the molecule is CS(=O)(=O)NCCCNc1ncc(C(=O)O)cc1Cl. The normalized spacial score (nSPS) is 11.3. The third-order valence-corrected chi connectivity index (χ3v) is 3.11. The molecule has 0 aliphatic rings. The van der Waals surface area contributed by atoms with Gasteiger partial charge in [0.15, 0.2) is 0 Å². The zero-order valence-corrected chi connectivity index (χ0v) is 11.8. The standard InChI is InChI=1S/C10H14ClN3O4S/c1-19(17,18)14-4-2-3-12-9-8(11)5-7(6-13-9)10(15)16/h5-6,14H,2-4H2,1H3,(H,12,13)(H,15,16). The van der Waals surface area contributed by atoms with E-state index in [0.29, 0.717) is 25.3 Å². The van der Waals surface area contributed by atoms with Crippen LogP contribution in [0, 0.1) is 0 Å². The minimum absolute atomic E-state index is 0.00860. The predicted octanol–water partition coefficient (Wildman–Crippen LogP) is 0.784. The van der Waals surface area contributed by atoms with Crippen LogP contribution in [0.3, 0.4) is 0 Å². The molecule has 0 atom stereocenters. The number of pyridine rings is 1. The Hall–Kier alpha value is -1.38. The molecule has 1 aromatic heterocycles. The average molecular weight is 308 g/mol. The first-order valence-corrected chi connectivity index (χ1v) is 7.64.